The van der Waals surface area contributed by atoms with Gasteiger partial charge in [-0.2, -0.15) is 0 Å². The maximum atomic E-state index is 12.8. The van der Waals surface area contributed by atoms with Crippen LogP contribution in [0.15, 0.2) is 30.3 Å². The second-order valence-corrected chi connectivity index (χ2v) is 7.11. The molecule has 1 aromatic carbocycles. The number of urea groups is 1. The lowest BCUT2D eigenvalue weighted by atomic mass is 9.92. The average Bonchev–Trinajstić information content (AvgIpc) is 2.86. The Labute approximate surface area is 148 Å². The maximum absolute atomic E-state index is 12.8. The first-order valence-electron chi connectivity index (χ1n) is 8.89. The lowest BCUT2D eigenvalue weighted by Crippen LogP contribution is -2.46. The molecule has 1 saturated carbocycles. The highest BCUT2D eigenvalue weighted by Crippen LogP contribution is 2.29. The Morgan fingerprint density at radius 3 is 2.48 bits per heavy atom. The molecule has 3 rings (SSSR count). The van der Waals surface area contributed by atoms with E-state index in [1.54, 1.807) is 31.0 Å². The third-order valence-electron chi connectivity index (χ3n) is 5.44. The van der Waals surface area contributed by atoms with Gasteiger partial charge < -0.3 is 10.2 Å². The third-order valence-corrected chi connectivity index (χ3v) is 5.44. The van der Waals surface area contributed by atoms with Crippen molar-refractivity contribution in [2.45, 2.75) is 50.6 Å². The molecule has 0 bridgehead atoms. The fourth-order valence-electron chi connectivity index (χ4n) is 3.73. The van der Waals surface area contributed by atoms with Crippen LogP contribution in [-0.4, -0.2) is 47.3 Å². The summed E-state index contributed by atoms with van der Waals surface area (Å²) in [7, 11) is 1.77. The molecule has 4 amide bonds. The van der Waals surface area contributed by atoms with Crippen molar-refractivity contribution in [3.63, 3.8) is 0 Å². The summed E-state index contributed by atoms with van der Waals surface area (Å²) in [5.74, 6) is -0.568. The topological polar surface area (TPSA) is 69.7 Å². The summed E-state index contributed by atoms with van der Waals surface area (Å²) in [6.45, 7) is 1.47. The maximum Gasteiger partial charge on any atom is 0.325 e. The molecule has 0 spiro atoms. The van der Waals surface area contributed by atoms with Crippen LogP contribution >= 0.6 is 0 Å². The van der Waals surface area contributed by atoms with Gasteiger partial charge in [0.15, 0.2) is 0 Å². The molecule has 1 saturated heterocycles. The van der Waals surface area contributed by atoms with Crippen LogP contribution < -0.4 is 5.32 Å². The Balaban J connectivity index is 1.71. The van der Waals surface area contributed by atoms with Crippen LogP contribution in [0.4, 0.5) is 4.79 Å². The zero-order valence-corrected chi connectivity index (χ0v) is 14.8. The molecule has 1 heterocycles. The number of likely N-dealkylation sites (N-methyl/N-ethyl adjacent to an activating group) is 1. The summed E-state index contributed by atoms with van der Waals surface area (Å²) in [5.41, 5.74) is -0.411. The molecule has 1 N–H and O–H groups in total. The number of rotatable bonds is 4. The van der Waals surface area contributed by atoms with E-state index in [1.807, 2.05) is 18.2 Å². The van der Waals surface area contributed by atoms with Crippen LogP contribution in [0, 0.1) is 0 Å². The third kappa shape index (κ3) is 3.25. The number of nitrogens with zero attached hydrogens (tertiary/aromatic N) is 2. The second kappa shape index (κ2) is 6.86. The molecule has 6 heteroatoms. The van der Waals surface area contributed by atoms with Crippen LogP contribution in [0.25, 0.3) is 0 Å². The van der Waals surface area contributed by atoms with Gasteiger partial charge >= 0.3 is 6.03 Å². The number of imide groups is 1. The van der Waals surface area contributed by atoms with Gasteiger partial charge in [0.2, 0.25) is 5.91 Å². The van der Waals surface area contributed by atoms with Gasteiger partial charge in [0.05, 0.1) is 0 Å². The molecule has 0 radical (unpaired) electrons. The molecular weight excluding hydrogens is 318 g/mol. The Bertz CT molecular complexity index is 670. The van der Waals surface area contributed by atoms with Gasteiger partial charge in [-0.1, -0.05) is 49.6 Å². The molecule has 6 nitrogen and oxygen atoms in total. The molecule has 2 aliphatic rings. The van der Waals surface area contributed by atoms with Crippen molar-refractivity contribution in [1.29, 1.82) is 0 Å². The Morgan fingerprint density at radius 2 is 1.84 bits per heavy atom. The number of nitrogens with one attached hydrogen (secondary N) is 1. The van der Waals surface area contributed by atoms with E-state index in [1.165, 1.54) is 6.42 Å². The average molecular weight is 343 g/mol. The first-order chi connectivity index (χ1) is 11.9. The van der Waals surface area contributed by atoms with E-state index in [0.717, 1.165) is 30.6 Å². The minimum Gasteiger partial charge on any atom is -0.341 e. The largest absolute Gasteiger partial charge is 0.341 e. The predicted octanol–water partition coefficient (Wildman–Crippen LogP) is 2.24. The summed E-state index contributed by atoms with van der Waals surface area (Å²) >= 11 is 0. The van der Waals surface area contributed by atoms with E-state index < -0.39 is 11.6 Å². The van der Waals surface area contributed by atoms with Gasteiger partial charge in [-0.15, -0.1) is 0 Å². The molecule has 0 aromatic heterocycles. The van der Waals surface area contributed by atoms with Crippen molar-refractivity contribution < 1.29 is 14.4 Å². The molecule has 1 aliphatic heterocycles. The van der Waals surface area contributed by atoms with Crippen molar-refractivity contribution >= 4 is 17.8 Å². The van der Waals surface area contributed by atoms with Crippen molar-refractivity contribution in [1.82, 2.24) is 15.1 Å². The van der Waals surface area contributed by atoms with Crippen molar-refractivity contribution in [2.24, 2.45) is 0 Å². The van der Waals surface area contributed by atoms with Gasteiger partial charge in [0.1, 0.15) is 12.1 Å². The van der Waals surface area contributed by atoms with E-state index >= 15 is 0 Å². The van der Waals surface area contributed by atoms with Crippen molar-refractivity contribution in [3.8, 4) is 0 Å². The number of hydrogen-bond donors (Lipinski definition) is 1. The van der Waals surface area contributed by atoms with Crippen molar-refractivity contribution in [3.05, 3.63) is 35.9 Å². The molecule has 2 fully saturated rings. The van der Waals surface area contributed by atoms with Gasteiger partial charge in [-0.05, 0) is 25.3 Å². The smallest absolute Gasteiger partial charge is 0.325 e. The summed E-state index contributed by atoms with van der Waals surface area (Å²) in [4.78, 5) is 40.5. The highest BCUT2D eigenvalue weighted by Gasteiger charge is 2.49. The molecule has 25 heavy (non-hydrogen) atoms. The zero-order valence-electron chi connectivity index (χ0n) is 14.8. The number of amides is 4. The Kier molecular flexibility index (Phi) is 4.79. The first-order valence-corrected chi connectivity index (χ1v) is 8.89. The molecule has 1 unspecified atom stereocenters. The predicted molar refractivity (Wildman–Crippen MR) is 93.7 cm³/mol. The van der Waals surface area contributed by atoms with Crippen LogP contribution in [0.2, 0.25) is 0 Å². The number of benzene rings is 1. The molecule has 1 aromatic rings. The van der Waals surface area contributed by atoms with Crippen molar-refractivity contribution in [2.75, 3.05) is 13.6 Å². The normalized spacial score (nSPS) is 24.3. The van der Waals surface area contributed by atoms with Crippen LogP contribution in [0.5, 0.6) is 0 Å². The van der Waals surface area contributed by atoms with E-state index in [2.05, 4.69) is 5.32 Å². The van der Waals surface area contributed by atoms with Crippen LogP contribution in [0.1, 0.15) is 44.6 Å². The van der Waals surface area contributed by atoms with Crippen LogP contribution in [0.3, 0.4) is 0 Å². The number of carbonyl (C=O) groups is 3. The second-order valence-electron chi connectivity index (χ2n) is 7.11. The molecule has 1 aliphatic carbocycles. The van der Waals surface area contributed by atoms with E-state index in [0.29, 0.717) is 5.56 Å². The Morgan fingerprint density at radius 1 is 1.20 bits per heavy atom. The molecule has 134 valence electrons. The van der Waals surface area contributed by atoms with E-state index in [4.69, 9.17) is 0 Å². The highest BCUT2D eigenvalue weighted by molar-refractivity contribution is 6.09. The fraction of sp³-hybridized carbons (Fsp3) is 0.526. The van der Waals surface area contributed by atoms with Gasteiger partial charge in [-0.25, -0.2) is 4.79 Å². The summed E-state index contributed by atoms with van der Waals surface area (Å²) in [6.07, 6.45) is 5.43. The minimum atomic E-state index is -1.12. The zero-order chi connectivity index (χ0) is 18.0. The lowest BCUT2D eigenvalue weighted by Gasteiger charge is -2.32. The monoisotopic (exact) mass is 343 g/mol. The fourth-order valence-corrected chi connectivity index (χ4v) is 3.73. The Hall–Kier alpha value is -2.37. The van der Waals surface area contributed by atoms with E-state index in [9.17, 15) is 14.4 Å². The molecule has 1 atom stereocenters. The standard InChI is InChI=1S/C19H25N3O3/c1-19(14-9-5-3-6-10-14)17(24)22(18(25)20-19)13-16(23)21(2)15-11-7-4-8-12-15/h3,5-6,9-10,15H,4,7-8,11-13H2,1-2H3,(H,20,25). The first kappa shape index (κ1) is 17.5. The molecular formula is C19H25N3O3. The SMILES string of the molecule is CN(C(=O)CN1C(=O)NC(C)(c2ccccc2)C1=O)C1CCCCC1. The van der Waals surface area contributed by atoms with Gasteiger partial charge in [0.25, 0.3) is 5.91 Å². The lowest BCUT2D eigenvalue weighted by molar-refractivity contribution is -0.139. The number of hydrogen-bond acceptors (Lipinski definition) is 3. The minimum absolute atomic E-state index is 0.187. The number of carbonyl (C=O) groups excluding carboxylic acids is 3. The quantitative estimate of drug-likeness (QED) is 0.853. The highest BCUT2D eigenvalue weighted by atomic mass is 16.2. The van der Waals surface area contributed by atoms with Gasteiger partial charge in [-0.3, -0.25) is 14.5 Å². The summed E-state index contributed by atoms with van der Waals surface area (Å²) < 4.78 is 0. The summed E-state index contributed by atoms with van der Waals surface area (Å²) in [5, 5.41) is 2.74. The summed E-state index contributed by atoms with van der Waals surface area (Å²) in [6, 6.07) is 8.81. The van der Waals surface area contributed by atoms with Gasteiger partial charge in [0, 0.05) is 13.1 Å². The van der Waals surface area contributed by atoms with Crippen LogP contribution in [-0.2, 0) is 15.1 Å². The van der Waals surface area contributed by atoms with E-state index in [-0.39, 0.29) is 24.4 Å².